The molecule has 0 aromatic carbocycles. The molecule has 0 fully saturated rings. The third kappa shape index (κ3) is 3.28. The summed E-state index contributed by atoms with van der Waals surface area (Å²) < 4.78 is 0. The number of carbonyl (C=O) groups is 1. The quantitative estimate of drug-likeness (QED) is 0.895. The maximum atomic E-state index is 10.9. The van der Waals surface area contributed by atoms with Gasteiger partial charge in [0, 0.05) is 16.8 Å². The molecular weight excluding hydrogens is 228 g/mol. The molecule has 0 aliphatic rings. The number of hydrogen-bond donors (Lipinski definition) is 1. The van der Waals surface area contributed by atoms with E-state index in [4.69, 9.17) is 5.11 Å². The molecule has 1 aromatic heterocycles. The Labute approximate surface area is 108 Å². The number of rotatable bonds is 3. The monoisotopic (exact) mass is 250 g/mol. The van der Waals surface area contributed by atoms with Crippen molar-refractivity contribution in [3.63, 3.8) is 0 Å². The zero-order chi connectivity index (χ0) is 14.1. The van der Waals surface area contributed by atoms with Crippen LogP contribution in [0.5, 0.6) is 0 Å². The number of aliphatic carboxylic acids is 1. The maximum absolute atomic E-state index is 10.9. The molecule has 0 saturated carbocycles. The minimum atomic E-state index is -0.784. The molecule has 0 bridgehead atoms. The Kier molecular flexibility index (Phi) is 4.09. The molecule has 100 valence electrons. The van der Waals surface area contributed by atoms with Crippen molar-refractivity contribution >= 4 is 5.97 Å². The molecule has 1 rings (SSSR count). The Morgan fingerprint density at radius 1 is 1.22 bits per heavy atom. The van der Waals surface area contributed by atoms with Gasteiger partial charge in [-0.3, -0.25) is 4.79 Å². The molecule has 0 aliphatic heterocycles. The lowest BCUT2D eigenvalue weighted by atomic mass is 9.93. The number of carboxylic acids is 1. The van der Waals surface area contributed by atoms with Crippen molar-refractivity contribution in [1.29, 1.82) is 0 Å². The maximum Gasteiger partial charge on any atom is 0.306 e. The van der Waals surface area contributed by atoms with E-state index >= 15 is 0 Å². The molecule has 1 N–H and O–H groups in total. The lowest BCUT2D eigenvalue weighted by molar-refractivity contribution is -0.141. The molecule has 18 heavy (non-hydrogen) atoms. The predicted molar refractivity (Wildman–Crippen MR) is 70.7 cm³/mol. The number of carboxylic acid groups (broad SMARTS) is 1. The van der Waals surface area contributed by atoms with Crippen LogP contribution in [0.25, 0.3) is 0 Å². The molecule has 0 radical (unpaired) electrons. The lowest BCUT2D eigenvalue weighted by Gasteiger charge is -2.20. The van der Waals surface area contributed by atoms with Crippen molar-refractivity contribution in [3.05, 3.63) is 22.8 Å². The summed E-state index contributed by atoms with van der Waals surface area (Å²) in [6, 6.07) is 0. The fourth-order valence-electron chi connectivity index (χ4n) is 1.76. The van der Waals surface area contributed by atoms with E-state index in [-0.39, 0.29) is 5.41 Å². The highest BCUT2D eigenvalue weighted by Crippen LogP contribution is 2.22. The van der Waals surface area contributed by atoms with Crippen molar-refractivity contribution in [3.8, 4) is 0 Å². The molecule has 4 heteroatoms. The van der Waals surface area contributed by atoms with Gasteiger partial charge >= 0.3 is 5.97 Å². The molecule has 1 aromatic rings. The molecule has 0 spiro atoms. The minimum absolute atomic E-state index is 0.0908. The topological polar surface area (TPSA) is 63.1 Å². The Morgan fingerprint density at radius 3 is 2.00 bits per heavy atom. The van der Waals surface area contributed by atoms with Gasteiger partial charge in [-0.1, -0.05) is 27.7 Å². The first kappa shape index (κ1) is 14.6. The van der Waals surface area contributed by atoms with Gasteiger partial charge in [-0.2, -0.15) is 0 Å². The van der Waals surface area contributed by atoms with Crippen LogP contribution in [0.2, 0.25) is 0 Å². The van der Waals surface area contributed by atoms with Crippen LogP contribution in [-0.4, -0.2) is 21.0 Å². The van der Waals surface area contributed by atoms with Crippen LogP contribution in [0.15, 0.2) is 0 Å². The summed E-state index contributed by atoms with van der Waals surface area (Å²) in [6.45, 7) is 11.8. The van der Waals surface area contributed by atoms with Gasteiger partial charge < -0.3 is 5.11 Å². The zero-order valence-electron chi connectivity index (χ0n) is 12.0. The van der Waals surface area contributed by atoms with Crippen LogP contribution in [0.3, 0.4) is 0 Å². The minimum Gasteiger partial charge on any atom is -0.481 e. The second-order valence-electron chi connectivity index (χ2n) is 5.89. The summed E-state index contributed by atoms with van der Waals surface area (Å²) in [6.07, 6.45) is 0.484. The van der Waals surface area contributed by atoms with Crippen LogP contribution < -0.4 is 0 Å². The molecule has 4 nitrogen and oxygen atoms in total. The van der Waals surface area contributed by atoms with Crippen molar-refractivity contribution < 1.29 is 9.90 Å². The van der Waals surface area contributed by atoms with Crippen LogP contribution in [0, 0.1) is 19.8 Å². The average Bonchev–Trinajstić information content (AvgIpc) is 2.21. The van der Waals surface area contributed by atoms with Crippen molar-refractivity contribution in [2.45, 2.75) is 53.4 Å². The fraction of sp³-hybridized carbons (Fsp3) is 0.643. The summed E-state index contributed by atoms with van der Waals surface area (Å²) in [4.78, 5) is 19.9. The highest BCUT2D eigenvalue weighted by atomic mass is 16.4. The average molecular weight is 250 g/mol. The van der Waals surface area contributed by atoms with Gasteiger partial charge in [-0.05, 0) is 25.8 Å². The summed E-state index contributed by atoms with van der Waals surface area (Å²) in [5.41, 5.74) is 2.64. The van der Waals surface area contributed by atoms with E-state index in [1.807, 2.05) is 13.8 Å². The van der Waals surface area contributed by atoms with E-state index in [0.717, 1.165) is 22.8 Å². The largest absolute Gasteiger partial charge is 0.481 e. The summed E-state index contributed by atoms with van der Waals surface area (Å²) in [5, 5.41) is 8.97. The van der Waals surface area contributed by atoms with Gasteiger partial charge in [0.15, 0.2) is 0 Å². The molecule has 0 amide bonds. The van der Waals surface area contributed by atoms with Gasteiger partial charge in [0.1, 0.15) is 5.82 Å². The number of aromatic nitrogens is 2. The molecule has 1 heterocycles. The summed E-state index contributed by atoms with van der Waals surface area (Å²) in [7, 11) is 0. The second-order valence-corrected chi connectivity index (χ2v) is 5.89. The van der Waals surface area contributed by atoms with E-state index in [1.165, 1.54) is 0 Å². The first-order chi connectivity index (χ1) is 8.12. The summed E-state index contributed by atoms with van der Waals surface area (Å²) in [5.74, 6) is -0.385. The van der Waals surface area contributed by atoms with E-state index in [9.17, 15) is 4.79 Å². The van der Waals surface area contributed by atoms with E-state index < -0.39 is 11.9 Å². The predicted octanol–water partition coefficient (Wildman–Crippen LogP) is 2.65. The Balaban J connectivity index is 3.13. The van der Waals surface area contributed by atoms with Crippen LogP contribution >= 0.6 is 0 Å². The van der Waals surface area contributed by atoms with Crippen LogP contribution in [0.4, 0.5) is 0 Å². The van der Waals surface area contributed by atoms with Gasteiger partial charge in [-0.25, -0.2) is 9.97 Å². The first-order valence-electron chi connectivity index (χ1n) is 6.20. The molecule has 1 atom stereocenters. The Morgan fingerprint density at radius 2 is 1.67 bits per heavy atom. The number of hydrogen-bond acceptors (Lipinski definition) is 3. The smallest absolute Gasteiger partial charge is 0.306 e. The van der Waals surface area contributed by atoms with Gasteiger partial charge in [0.05, 0.1) is 5.92 Å². The van der Waals surface area contributed by atoms with E-state index in [1.54, 1.807) is 6.92 Å². The third-order valence-corrected chi connectivity index (χ3v) is 3.02. The van der Waals surface area contributed by atoms with Crippen LogP contribution in [-0.2, 0) is 16.6 Å². The molecule has 0 aliphatic carbocycles. The van der Waals surface area contributed by atoms with Crippen molar-refractivity contribution in [1.82, 2.24) is 9.97 Å². The number of nitrogens with zero attached hydrogens (tertiary/aromatic N) is 2. The third-order valence-electron chi connectivity index (χ3n) is 3.02. The highest BCUT2D eigenvalue weighted by molar-refractivity contribution is 5.70. The molecule has 0 saturated heterocycles. The van der Waals surface area contributed by atoms with Crippen LogP contribution in [0.1, 0.15) is 50.5 Å². The molecule has 1 unspecified atom stereocenters. The van der Waals surface area contributed by atoms with Gasteiger partial charge in [0.2, 0.25) is 0 Å². The first-order valence-corrected chi connectivity index (χ1v) is 6.20. The lowest BCUT2D eigenvalue weighted by Crippen LogP contribution is -2.20. The van der Waals surface area contributed by atoms with E-state index in [2.05, 4.69) is 30.7 Å². The Hall–Kier alpha value is -1.45. The fourth-order valence-corrected chi connectivity index (χ4v) is 1.76. The molecular formula is C14H22N2O2. The van der Waals surface area contributed by atoms with Crippen molar-refractivity contribution in [2.75, 3.05) is 0 Å². The van der Waals surface area contributed by atoms with Crippen molar-refractivity contribution in [2.24, 2.45) is 5.92 Å². The number of aryl methyl sites for hydroxylation is 2. The van der Waals surface area contributed by atoms with Gasteiger partial charge in [-0.15, -0.1) is 0 Å². The van der Waals surface area contributed by atoms with E-state index in [0.29, 0.717) is 6.42 Å². The normalized spacial score (nSPS) is 13.4. The second kappa shape index (κ2) is 5.04. The standard InChI is InChI=1S/C14H22N2O2/c1-8(12(17)18)7-11-9(2)15-13(14(4,5)6)16-10(11)3/h8H,7H2,1-6H3,(H,17,18). The SMILES string of the molecule is Cc1nc(C(C)(C)C)nc(C)c1CC(C)C(=O)O. The summed E-state index contributed by atoms with van der Waals surface area (Å²) >= 11 is 0. The Bertz CT molecular complexity index is 438. The highest BCUT2D eigenvalue weighted by Gasteiger charge is 2.21. The van der Waals surface area contributed by atoms with Gasteiger partial charge in [0.25, 0.3) is 0 Å². The zero-order valence-corrected chi connectivity index (χ0v) is 12.0.